The molecular weight excluding hydrogens is 280 g/mol. The van der Waals surface area contributed by atoms with Gasteiger partial charge in [0.1, 0.15) is 0 Å². The minimum Gasteiger partial charge on any atom is -0.478 e. The van der Waals surface area contributed by atoms with Crippen molar-refractivity contribution in [1.82, 2.24) is 9.21 Å². The topological polar surface area (TPSA) is 77.9 Å². The minimum atomic E-state index is -3.13. The molecule has 2 rings (SSSR count). The number of aromatic carboxylic acids is 1. The number of nitrogens with zero attached hydrogens (tertiary/aromatic N) is 2. The van der Waals surface area contributed by atoms with Gasteiger partial charge in [0.05, 0.1) is 11.8 Å². The zero-order valence-electron chi connectivity index (χ0n) is 11.3. The van der Waals surface area contributed by atoms with E-state index in [1.165, 1.54) is 10.6 Å². The summed E-state index contributed by atoms with van der Waals surface area (Å²) in [5.74, 6) is -0.935. The second kappa shape index (κ2) is 5.90. The molecule has 0 aromatic heterocycles. The van der Waals surface area contributed by atoms with Crippen LogP contribution in [0.15, 0.2) is 24.3 Å². The zero-order valence-corrected chi connectivity index (χ0v) is 12.1. The molecule has 1 aliphatic heterocycles. The van der Waals surface area contributed by atoms with Crippen molar-refractivity contribution in [3.8, 4) is 0 Å². The van der Waals surface area contributed by atoms with Crippen LogP contribution in [0.25, 0.3) is 0 Å². The molecule has 0 spiro atoms. The van der Waals surface area contributed by atoms with Gasteiger partial charge in [-0.1, -0.05) is 18.2 Å². The third kappa shape index (κ3) is 3.56. The fraction of sp³-hybridized carbons (Fsp3) is 0.462. The molecule has 0 bridgehead atoms. The fourth-order valence-corrected chi connectivity index (χ4v) is 3.15. The minimum absolute atomic E-state index is 0.304. The first-order valence-electron chi connectivity index (χ1n) is 6.36. The lowest BCUT2D eigenvalue weighted by molar-refractivity contribution is 0.0694. The SMILES string of the molecule is CS(=O)(=O)N1CCN(Cc2ccccc2C(=O)O)CC1. The van der Waals surface area contributed by atoms with Crippen LogP contribution in [-0.2, 0) is 16.6 Å². The van der Waals surface area contributed by atoms with Gasteiger partial charge in [-0.2, -0.15) is 4.31 Å². The molecule has 20 heavy (non-hydrogen) atoms. The molecule has 110 valence electrons. The first-order chi connectivity index (χ1) is 9.38. The molecule has 1 aromatic carbocycles. The van der Waals surface area contributed by atoms with E-state index in [1.54, 1.807) is 18.2 Å². The van der Waals surface area contributed by atoms with Crippen molar-refractivity contribution in [3.63, 3.8) is 0 Å². The number of piperazine rings is 1. The van der Waals surface area contributed by atoms with Crippen LogP contribution in [0.1, 0.15) is 15.9 Å². The largest absolute Gasteiger partial charge is 0.478 e. The Bertz CT molecular complexity index is 592. The summed E-state index contributed by atoms with van der Waals surface area (Å²) in [5, 5.41) is 9.14. The molecule has 7 heteroatoms. The Hall–Kier alpha value is -1.44. The molecular formula is C13H18N2O4S. The molecule has 1 fully saturated rings. The Morgan fingerprint density at radius 2 is 1.80 bits per heavy atom. The molecule has 1 heterocycles. The Morgan fingerprint density at radius 3 is 2.35 bits per heavy atom. The highest BCUT2D eigenvalue weighted by Crippen LogP contribution is 2.14. The highest BCUT2D eigenvalue weighted by atomic mass is 32.2. The number of carboxylic acids is 1. The number of hydrogen-bond donors (Lipinski definition) is 1. The maximum Gasteiger partial charge on any atom is 0.336 e. The fourth-order valence-electron chi connectivity index (χ4n) is 2.33. The highest BCUT2D eigenvalue weighted by molar-refractivity contribution is 7.88. The number of benzene rings is 1. The monoisotopic (exact) mass is 298 g/mol. The average molecular weight is 298 g/mol. The Labute approximate surface area is 118 Å². The van der Waals surface area contributed by atoms with Gasteiger partial charge in [0.25, 0.3) is 0 Å². The Balaban J connectivity index is 2.02. The van der Waals surface area contributed by atoms with Gasteiger partial charge in [-0.25, -0.2) is 13.2 Å². The molecule has 0 atom stereocenters. The van der Waals surface area contributed by atoms with Gasteiger partial charge >= 0.3 is 5.97 Å². The lowest BCUT2D eigenvalue weighted by Crippen LogP contribution is -2.47. The van der Waals surface area contributed by atoms with Gasteiger partial charge in [-0.3, -0.25) is 4.90 Å². The molecule has 0 amide bonds. The van der Waals surface area contributed by atoms with Crippen molar-refractivity contribution in [3.05, 3.63) is 35.4 Å². The Morgan fingerprint density at radius 1 is 1.20 bits per heavy atom. The molecule has 6 nitrogen and oxygen atoms in total. The van der Waals surface area contributed by atoms with Crippen molar-refractivity contribution < 1.29 is 18.3 Å². The first kappa shape index (κ1) is 15.0. The normalized spacial score (nSPS) is 18.1. The summed E-state index contributed by atoms with van der Waals surface area (Å²) in [5.41, 5.74) is 1.06. The van der Waals surface area contributed by atoms with Gasteiger partial charge in [-0.05, 0) is 11.6 Å². The summed E-state index contributed by atoms with van der Waals surface area (Å²) in [6.07, 6.45) is 1.21. The highest BCUT2D eigenvalue weighted by Gasteiger charge is 2.24. The molecule has 1 N–H and O–H groups in total. The van der Waals surface area contributed by atoms with E-state index in [9.17, 15) is 13.2 Å². The van der Waals surface area contributed by atoms with E-state index in [2.05, 4.69) is 4.90 Å². The van der Waals surface area contributed by atoms with Gasteiger partial charge in [0, 0.05) is 32.7 Å². The first-order valence-corrected chi connectivity index (χ1v) is 8.21. The van der Waals surface area contributed by atoms with E-state index in [0.29, 0.717) is 38.3 Å². The molecule has 1 aliphatic rings. The van der Waals surface area contributed by atoms with E-state index in [4.69, 9.17) is 5.11 Å². The Kier molecular flexibility index (Phi) is 4.42. The number of carboxylic acid groups (broad SMARTS) is 1. The lowest BCUT2D eigenvalue weighted by atomic mass is 10.1. The summed E-state index contributed by atoms with van der Waals surface area (Å²) in [6, 6.07) is 6.90. The third-order valence-electron chi connectivity index (χ3n) is 3.44. The third-order valence-corrected chi connectivity index (χ3v) is 4.75. The van der Waals surface area contributed by atoms with Gasteiger partial charge in [0.2, 0.25) is 10.0 Å². The van der Waals surface area contributed by atoms with E-state index in [-0.39, 0.29) is 0 Å². The summed E-state index contributed by atoms with van der Waals surface area (Å²) < 4.78 is 24.3. The van der Waals surface area contributed by atoms with Gasteiger partial charge in [-0.15, -0.1) is 0 Å². The quantitative estimate of drug-likeness (QED) is 0.874. The number of hydrogen-bond acceptors (Lipinski definition) is 4. The van der Waals surface area contributed by atoms with Crippen molar-refractivity contribution in [2.45, 2.75) is 6.54 Å². The number of carbonyl (C=O) groups is 1. The maximum absolute atomic E-state index is 11.4. The summed E-state index contributed by atoms with van der Waals surface area (Å²) in [6.45, 7) is 2.66. The van der Waals surface area contributed by atoms with Crippen molar-refractivity contribution in [2.24, 2.45) is 0 Å². The summed E-state index contributed by atoms with van der Waals surface area (Å²) in [4.78, 5) is 13.2. The zero-order chi connectivity index (χ0) is 14.8. The van der Waals surface area contributed by atoms with Crippen LogP contribution in [-0.4, -0.2) is 61.1 Å². The van der Waals surface area contributed by atoms with Crippen LogP contribution in [0.3, 0.4) is 0 Å². The lowest BCUT2D eigenvalue weighted by Gasteiger charge is -2.33. The molecule has 1 aromatic rings. The summed E-state index contributed by atoms with van der Waals surface area (Å²) >= 11 is 0. The molecule has 0 aliphatic carbocycles. The van der Waals surface area contributed by atoms with E-state index >= 15 is 0 Å². The van der Waals surface area contributed by atoms with E-state index < -0.39 is 16.0 Å². The molecule has 0 saturated carbocycles. The second-order valence-corrected chi connectivity index (χ2v) is 6.88. The van der Waals surface area contributed by atoms with Gasteiger partial charge < -0.3 is 5.11 Å². The van der Waals surface area contributed by atoms with Crippen molar-refractivity contribution in [2.75, 3.05) is 32.4 Å². The predicted molar refractivity (Wildman–Crippen MR) is 75.1 cm³/mol. The van der Waals surface area contributed by atoms with Crippen molar-refractivity contribution >= 4 is 16.0 Å². The standard InChI is InChI=1S/C13H18N2O4S/c1-20(18,19)15-8-6-14(7-9-15)10-11-4-2-3-5-12(11)13(16)17/h2-5H,6-10H2,1H3,(H,16,17). The van der Waals surface area contributed by atoms with Crippen LogP contribution in [0.2, 0.25) is 0 Å². The van der Waals surface area contributed by atoms with Crippen LogP contribution >= 0.6 is 0 Å². The number of rotatable bonds is 4. The average Bonchev–Trinajstić information content (AvgIpc) is 2.38. The van der Waals surface area contributed by atoms with Crippen molar-refractivity contribution in [1.29, 1.82) is 0 Å². The predicted octanol–water partition coefficient (Wildman–Crippen LogP) is 0.462. The maximum atomic E-state index is 11.4. The van der Waals surface area contributed by atoms with E-state index in [0.717, 1.165) is 5.56 Å². The molecule has 0 unspecified atom stereocenters. The van der Waals surface area contributed by atoms with Crippen LogP contribution in [0.5, 0.6) is 0 Å². The number of sulfonamides is 1. The van der Waals surface area contributed by atoms with Crippen LogP contribution in [0, 0.1) is 0 Å². The van der Waals surface area contributed by atoms with E-state index in [1.807, 2.05) is 6.07 Å². The van der Waals surface area contributed by atoms with Crippen LogP contribution in [0.4, 0.5) is 0 Å². The van der Waals surface area contributed by atoms with Crippen LogP contribution < -0.4 is 0 Å². The smallest absolute Gasteiger partial charge is 0.336 e. The summed E-state index contributed by atoms with van der Waals surface area (Å²) in [7, 11) is -3.13. The molecule has 0 radical (unpaired) electrons. The molecule has 1 saturated heterocycles. The second-order valence-electron chi connectivity index (χ2n) is 4.90. The van der Waals surface area contributed by atoms with Gasteiger partial charge in [0.15, 0.2) is 0 Å².